The zero-order chi connectivity index (χ0) is 13.1. The van der Waals surface area contributed by atoms with Crippen LogP contribution in [0.1, 0.15) is 29.8 Å². The van der Waals surface area contributed by atoms with Crippen LogP contribution in [0.15, 0.2) is 29.8 Å². The minimum atomic E-state index is -1.94. The summed E-state index contributed by atoms with van der Waals surface area (Å²) in [5.74, 6) is 0. The van der Waals surface area contributed by atoms with E-state index in [-0.39, 0.29) is 36.6 Å². The van der Waals surface area contributed by atoms with Crippen molar-refractivity contribution in [1.29, 1.82) is 0 Å². The average molecular weight is 350 g/mol. The number of fused-ring (bicyclic) bond motifs is 3. The van der Waals surface area contributed by atoms with Gasteiger partial charge in [-0.2, -0.15) is 0 Å². The Morgan fingerprint density at radius 3 is 2.24 bits per heavy atom. The van der Waals surface area contributed by atoms with E-state index in [1.54, 1.807) is 0 Å². The fraction of sp³-hybridized carbons (Fsp3) is 0.294. The van der Waals surface area contributed by atoms with Crippen LogP contribution in [-0.4, -0.2) is 8.24 Å². The summed E-state index contributed by atoms with van der Waals surface area (Å²) >= 11 is 1.90. The van der Waals surface area contributed by atoms with Crippen LogP contribution < -0.4 is 0 Å². The average Bonchev–Trinajstić information content (AvgIpc) is 2.74. The van der Waals surface area contributed by atoms with Gasteiger partial charge in [-0.3, -0.25) is 0 Å². The Morgan fingerprint density at radius 1 is 1.10 bits per heavy atom. The second-order valence-corrected chi connectivity index (χ2v) is 10.9. The van der Waals surface area contributed by atoms with E-state index in [2.05, 4.69) is 51.2 Å². The molecule has 0 saturated carbocycles. The molecule has 21 heavy (non-hydrogen) atoms. The standard InChI is InChI=1S/C15H18NSSi.2CH3.Ti/c1-9-10(2)15(18(3,4)16)14-13(9)11-7-5-6-8-12(11)17-14;;;/h5-8,15-16H,1-4H3;2*1H3;/q3*-1;+3. The molecule has 4 heteroatoms. The van der Waals surface area contributed by atoms with Crippen LogP contribution >= 0.6 is 11.3 Å². The summed E-state index contributed by atoms with van der Waals surface area (Å²) < 4.78 is 1.37. The van der Waals surface area contributed by atoms with E-state index in [0.717, 1.165) is 0 Å². The fourth-order valence-corrected chi connectivity index (χ4v) is 7.62. The summed E-state index contributed by atoms with van der Waals surface area (Å²) in [6.45, 7) is 8.78. The van der Waals surface area contributed by atoms with Crippen molar-refractivity contribution in [1.82, 2.24) is 0 Å². The number of hydrogen-bond donors (Lipinski definition) is 0. The van der Waals surface area contributed by atoms with Gasteiger partial charge in [0, 0.05) is 15.0 Å². The van der Waals surface area contributed by atoms with Crippen molar-refractivity contribution in [2.24, 2.45) is 0 Å². The van der Waals surface area contributed by atoms with E-state index in [9.17, 15) is 0 Å². The number of rotatable bonds is 1. The van der Waals surface area contributed by atoms with E-state index in [4.69, 9.17) is 5.40 Å². The van der Waals surface area contributed by atoms with Gasteiger partial charge in [0.2, 0.25) is 0 Å². The third-order valence-corrected chi connectivity index (χ3v) is 7.62. The van der Waals surface area contributed by atoms with Crippen LogP contribution in [0.2, 0.25) is 13.1 Å². The predicted molar refractivity (Wildman–Crippen MR) is 97.5 cm³/mol. The molecule has 111 valence electrons. The number of benzene rings is 1. The minimum absolute atomic E-state index is 0. The van der Waals surface area contributed by atoms with Crippen LogP contribution in [0.25, 0.3) is 21.1 Å². The smallest absolute Gasteiger partial charge is 0.679 e. The summed E-state index contributed by atoms with van der Waals surface area (Å²) in [6.07, 6.45) is 0. The molecule has 0 amide bonds. The maximum atomic E-state index is 8.57. The molecule has 1 atom stereocenters. The molecule has 1 aromatic heterocycles. The number of thiophene rings is 1. The number of allylic oxidation sites excluding steroid dienone is 2. The minimum Gasteiger partial charge on any atom is -0.679 e. The third kappa shape index (κ3) is 3.13. The van der Waals surface area contributed by atoms with Crippen LogP contribution in [0, 0.1) is 14.9 Å². The maximum absolute atomic E-state index is 8.57. The quantitative estimate of drug-likeness (QED) is 0.415. The fourth-order valence-electron chi connectivity index (χ4n) is 3.13. The second kappa shape index (κ2) is 6.93. The zero-order valence-corrected chi connectivity index (χ0v) is 17.2. The Labute approximate surface area is 149 Å². The first-order valence-corrected chi connectivity index (χ1v) is 10.2. The molecule has 1 unspecified atom stereocenters. The van der Waals surface area contributed by atoms with E-state index in [1.807, 2.05) is 11.3 Å². The molecular weight excluding hydrogens is 326 g/mol. The van der Waals surface area contributed by atoms with Gasteiger partial charge in [0.05, 0.1) is 0 Å². The summed E-state index contributed by atoms with van der Waals surface area (Å²) in [4.78, 5) is 1.46. The van der Waals surface area contributed by atoms with Crippen molar-refractivity contribution in [3.05, 3.63) is 60.5 Å². The first kappa shape index (κ1) is 20.8. The molecule has 1 nitrogen and oxygen atoms in total. The van der Waals surface area contributed by atoms with Gasteiger partial charge in [0.1, 0.15) is 0 Å². The van der Waals surface area contributed by atoms with E-state index in [1.165, 1.54) is 31.7 Å². The summed E-state index contributed by atoms with van der Waals surface area (Å²) in [5, 5.41) is 9.95. The van der Waals surface area contributed by atoms with E-state index in [0.29, 0.717) is 5.54 Å². The van der Waals surface area contributed by atoms with Crippen molar-refractivity contribution in [3.63, 3.8) is 0 Å². The van der Waals surface area contributed by atoms with Crippen molar-refractivity contribution >= 4 is 35.2 Å². The van der Waals surface area contributed by atoms with Gasteiger partial charge in [-0.25, -0.2) is 0 Å². The Bertz CT molecular complexity index is 667. The Hall–Kier alpha value is -0.189. The van der Waals surface area contributed by atoms with Crippen molar-refractivity contribution in [3.8, 4) is 0 Å². The molecule has 0 aliphatic heterocycles. The molecule has 1 aliphatic carbocycles. The molecule has 0 spiro atoms. The van der Waals surface area contributed by atoms with Crippen molar-refractivity contribution < 1.29 is 21.7 Å². The van der Waals surface area contributed by atoms with Gasteiger partial charge in [-0.1, -0.05) is 45.1 Å². The molecule has 1 aromatic carbocycles. The molecular formula is C17H24NSSiTi. The van der Waals surface area contributed by atoms with E-state index < -0.39 is 8.24 Å². The zero-order valence-electron chi connectivity index (χ0n) is 13.8. The molecule has 1 N–H and O–H groups in total. The Balaban J connectivity index is 0.00000133. The van der Waals surface area contributed by atoms with Gasteiger partial charge in [0.25, 0.3) is 0 Å². The summed E-state index contributed by atoms with van der Waals surface area (Å²) in [6, 6.07) is 8.66. The van der Waals surface area contributed by atoms with Crippen molar-refractivity contribution in [2.75, 3.05) is 0 Å². The second-order valence-electron chi connectivity index (χ2n) is 5.80. The topological polar surface area (TPSA) is 23.8 Å². The van der Waals surface area contributed by atoms with E-state index >= 15 is 0 Å². The van der Waals surface area contributed by atoms with Gasteiger partial charge in [0.15, 0.2) is 0 Å². The van der Waals surface area contributed by atoms with Crippen LogP contribution in [0.4, 0.5) is 0 Å². The molecule has 3 rings (SSSR count). The van der Waals surface area contributed by atoms with Crippen LogP contribution in [-0.2, 0) is 21.7 Å². The predicted octanol–water partition coefficient (Wildman–Crippen LogP) is 6.49. The molecule has 1 radical (unpaired) electrons. The number of hydrogen-bond acceptors (Lipinski definition) is 1. The largest absolute Gasteiger partial charge is 3.00 e. The van der Waals surface area contributed by atoms with Gasteiger partial charge >= 0.3 is 21.7 Å². The summed E-state index contributed by atoms with van der Waals surface area (Å²) in [7, 11) is -1.94. The van der Waals surface area contributed by atoms with Gasteiger partial charge < -0.3 is 20.3 Å². The molecule has 0 bridgehead atoms. The molecule has 1 heterocycles. The van der Waals surface area contributed by atoms with Crippen molar-refractivity contribution in [2.45, 2.75) is 32.5 Å². The molecule has 2 aromatic rings. The third-order valence-electron chi connectivity index (χ3n) is 4.01. The van der Waals surface area contributed by atoms with Crippen LogP contribution in [0.3, 0.4) is 0 Å². The normalized spacial score (nSPS) is 16.9. The molecule has 0 fully saturated rings. The number of nitrogens with one attached hydrogen (secondary N) is 1. The molecule has 1 aliphatic rings. The Morgan fingerprint density at radius 2 is 1.67 bits per heavy atom. The molecule has 0 saturated heterocycles. The first-order valence-electron chi connectivity index (χ1n) is 6.35. The monoisotopic (exact) mass is 350 g/mol. The first-order chi connectivity index (χ1) is 8.41. The van der Waals surface area contributed by atoms with Gasteiger partial charge in [-0.05, 0) is 36.6 Å². The van der Waals surface area contributed by atoms with Gasteiger partial charge in [-0.15, -0.1) is 11.3 Å². The maximum Gasteiger partial charge on any atom is 3.00 e. The SMILES string of the molecule is CC1=C(C)C([Si](C)(C)[NH-])c2sc3ccccc3c21.[CH3-].[CH3-].[Ti+3]. The Kier molecular flexibility index (Phi) is 6.87. The van der Waals surface area contributed by atoms with Crippen LogP contribution in [0.5, 0.6) is 0 Å². The summed E-state index contributed by atoms with van der Waals surface area (Å²) in [5.41, 5.74) is 4.68.